The lowest BCUT2D eigenvalue weighted by atomic mass is 10.0. The fourth-order valence-corrected chi connectivity index (χ4v) is 2.99. The number of thiophene rings is 1. The third kappa shape index (κ3) is 2.04. The number of nitrogens with zero attached hydrogens (tertiary/aromatic N) is 1. The smallest absolute Gasteiger partial charge is 0.230 e. The van der Waals surface area contributed by atoms with E-state index < -0.39 is 0 Å². The molecule has 0 fully saturated rings. The molecule has 3 nitrogen and oxygen atoms in total. The van der Waals surface area contributed by atoms with Gasteiger partial charge in [0, 0.05) is 0 Å². The van der Waals surface area contributed by atoms with E-state index in [1.807, 2.05) is 12.1 Å². The van der Waals surface area contributed by atoms with E-state index in [1.54, 1.807) is 11.3 Å². The topological polar surface area (TPSA) is 52.0 Å². The van der Waals surface area contributed by atoms with Gasteiger partial charge in [0.05, 0.1) is 10.4 Å². The summed E-state index contributed by atoms with van der Waals surface area (Å²) in [4.78, 5) is 1.11. The van der Waals surface area contributed by atoms with Crippen molar-refractivity contribution in [2.24, 2.45) is 0 Å². The molecule has 0 atom stereocenters. The molecule has 4 heteroatoms. The maximum absolute atomic E-state index is 5.94. The monoisotopic (exact) mass is 270 g/mol. The first-order chi connectivity index (χ1) is 9.16. The molecule has 0 aliphatic rings. The predicted molar refractivity (Wildman–Crippen MR) is 79.1 cm³/mol. The summed E-state index contributed by atoms with van der Waals surface area (Å²) in [7, 11) is 0. The summed E-state index contributed by atoms with van der Waals surface area (Å²) in [5.74, 6) is 0.367. The van der Waals surface area contributed by atoms with Gasteiger partial charge in [-0.25, -0.2) is 0 Å². The number of hydrogen-bond acceptors (Lipinski definition) is 4. The molecule has 2 aromatic heterocycles. The van der Waals surface area contributed by atoms with Gasteiger partial charge in [-0.15, -0.1) is 11.3 Å². The number of aromatic nitrogens is 1. The van der Waals surface area contributed by atoms with E-state index in [9.17, 15) is 0 Å². The average molecular weight is 270 g/mol. The van der Waals surface area contributed by atoms with Crippen LogP contribution in [0, 0.1) is 13.8 Å². The van der Waals surface area contributed by atoms with Gasteiger partial charge in [-0.2, -0.15) is 0 Å². The van der Waals surface area contributed by atoms with Crippen LogP contribution in [0.3, 0.4) is 0 Å². The molecule has 0 saturated heterocycles. The molecule has 0 spiro atoms. The van der Waals surface area contributed by atoms with Gasteiger partial charge >= 0.3 is 0 Å². The maximum Gasteiger partial charge on any atom is 0.230 e. The van der Waals surface area contributed by atoms with Gasteiger partial charge in [0.15, 0.2) is 0 Å². The van der Waals surface area contributed by atoms with Crippen molar-refractivity contribution < 1.29 is 4.52 Å². The van der Waals surface area contributed by atoms with E-state index in [0.29, 0.717) is 5.88 Å². The lowest BCUT2D eigenvalue weighted by Gasteiger charge is -2.02. The van der Waals surface area contributed by atoms with Crippen LogP contribution >= 0.6 is 11.3 Å². The van der Waals surface area contributed by atoms with Crippen LogP contribution in [0.2, 0.25) is 0 Å². The summed E-state index contributed by atoms with van der Waals surface area (Å²) >= 11 is 1.65. The summed E-state index contributed by atoms with van der Waals surface area (Å²) < 4.78 is 5.19. The minimum absolute atomic E-state index is 0.367. The molecule has 0 aliphatic heterocycles. The predicted octanol–water partition coefficient (Wildman–Crippen LogP) is 4.27. The van der Waals surface area contributed by atoms with Gasteiger partial charge in [-0.1, -0.05) is 35.0 Å². The van der Waals surface area contributed by atoms with Gasteiger partial charge in [-0.05, 0) is 36.4 Å². The van der Waals surface area contributed by atoms with Crippen molar-refractivity contribution in [2.75, 3.05) is 5.73 Å². The normalized spacial score (nSPS) is 10.8. The third-order valence-corrected chi connectivity index (χ3v) is 4.16. The summed E-state index contributed by atoms with van der Waals surface area (Å²) in [6, 6.07) is 10.3. The minimum Gasteiger partial charge on any atom is -0.367 e. The van der Waals surface area contributed by atoms with Crippen molar-refractivity contribution >= 4 is 17.2 Å². The second kappa shape index (κ2) is 4.55. The Labute approximate surface area is 115 Å². The van der Waals surface area contributed by atoms with E-state index in [4.69, 9.17) is 10.3 Å². The summed E-state index contributed by atoms with van der Waals surface area (Å²) in [6.45, 7) is 4.13. The summed E-state index contributed by atoms with van der Waals surface area (Å²) in [5, 5.41) is 6.18. The largest absolute Gasteiger partial charge is 0.367 e. The fourth-order valence-electron chi connectivity index (χ4n) is 2.07. The highest BCUT2D eigenvalue weighted by atomic mass is 32.1. The molecule has 3 rings (SSSR count). The molecule has 2 N–H and O–H groups in total. The van der Waals surface area contributed by atoms with Crippen LogP contribution in [0.4, 0.5) is 5.88 Å². The Balaban J connectivity index is 2.19. The van der Waals surface area contributed by atoms with Crippen molar-refractivity contribution in [3.05, 3.63) is 46.8 Å². The van der Waals surface area contributed by atoms with Crippen LogP contribution in [-0.4, -0.2) is 5.16 Å². The zero-order chi connectivity index (χ0) is 13.4. The van der Waals surface area contributed by atoms with Gasteiger partial charge in [0.25, 0.3) is 0 Å². The highest BCUT2D eigenvalue weighted by molar-refractivity contribution is 7.13. The van der Waals surface area contributed by atoms with Gasteiger partial charge in [0.2, 0.25) is 5.88 Å². The van der Waals surface area contributed by atoms with E-state index in [2.05, 4.69) is 42.6 Å². The minimum atomic E-state index is 0.367. The average Bonchev–Trinajstić information content (AvgIpc) is 2.97. The van der Waals surface area contributed by atoms with Crippen molar-refractivity contribution in [1.82, 2.24) is 5.16 Å². The molecule has 0 unspecified atom stereocenters. The number of nitrogen functional groups attached to an aromatic ring is 1. The van der Waals surface area contributed by atoms with Crippen molar-refractivity contribution in [1.29, 1.82) is 0 Å². The van der Waals surface area contributed by atoms with Crippen molar-refractivity contribution in [3.63, 3.8) is 0 Å². The summed E-state index contributed by atoms with van der Waals surface area (Å²) in [6.07, 6.45) is 0. The van der Waals surface area contributed by atoms with Crippen LogP contribution in [0.15, 0.2) is 40.2 Å². The Morgan fingerprint density at radius 1 is 1.11 bits per heavy atom. The molecular weight excluding hydrogens is 256 g/mol. The Hall–Kier alpha value is -2.07. The highest BCUT2D eigenvalue weighted by Crippen LogP contribution is 2.39. The second-order valence-electron chi connectivity index (χ2n) is 4.57. The first-order valence-corrected chi connectivity index (χ1v) is 6.91. The zero-order valence-corrected chi connectivity index (χ0v) is 11.6. The van der Waals surface area contributed by atoms with E-state index in [-0.39, 0.29) is 0 Å². The molecule has 0 aliphatic carbocycles. The van der Waals surface area contributed by atoms with Gasteiger partial charge < -0.3 is 10.3 Å². The van der Waals surface area contributed by atoms with Crippen LogP contribution < -0.4 is 5.73 Å². The number of aryl methyl sites for hydroxylation is 2. The van der Waals surface area contributed by atoms with E-state index >= 15 is 0 Å². The van der Waals surface area contributed by atoms with Crippen molar-refractivity contribution in [2.45, 2.75) is 13.8 Å². The molecule has 3 aromatic rings. The molecule has 2 heterocycles. The number of hydrogen-bond donors (Lipinski definition) is 1. The Kier molecular flexibility index (Phi) is 2.87. The second-order valence-corrected chi connectivity index (χ2v) is 5.49. The van der Waals surface area contributed by atoms with Crippen LogP contribution in [0.1, 0.15) is 11.1 Å². The van der Waals surface area contributed by atoms with Crippen LogP contribution in [0.5, 0.6) is 0 Å². The maximum atomic E-state index is 5.94. The molecule has 0 amide bonds. The SMILES string of the molecule is Cc1ccc(-c2c(-c3sccc3C)noc2N)cc1. The standard InChI is InChI=1S/C15H14N2OS/c1-9-3-5-11(6-4-9)12-13(17-18-15(12)16)14-10(2)7-8-19-14/h3-8H,16H2,1-2H3. The molecule has 0 radical (unpaired) electrons. The molecule has 19 heavy (non-hydrogen) atoms. The number of rotatable bonds is 2. The zero-order valence-electron chi connectivity index (χ0n) is 10.8. The number of benzene rings is 1. The lowest BCUT2D eigenvalue weighted by Crippen LogP contribution is -1.87. The Morgan fingerprint density at radius 2 is 1.84 bits per heavy atom. The molecule has 0 bridgehead atoms. The Morgan fingerprint density at radius 3 is 2.47 bits per heavy atom. The highest BCUT2D eigenvalue weighted by Gasteiger charge is 2.19. The third-order valence-electron chi connectivity index (χ3n) is 3.14. The van der Waals surface area contributed by atoms with Crippen molar-refractivity contribution in [3.8, 4) is 21.7 Å². The molecular formula is C15H14N2OS. The first-order valence-electron chi connectivity index (χ1n) is 6.03. The number of nitrogens with two attached hydrogens (primary N) is 1. The van der Waals surface area contributed by atoms with Crippen LogP contribution in [-0.2, 0) is 0 Å². The Bertz CT molecular complexity index is 710. The van der Waals surface area contributed by atoms with E-state index in [0.717, 1.165) is 21.7 Å². The van der Waals surface area contributed by atoms with Gasteiger partial charge in [-0.3, -0.25) is 0 Å². The summed E-state index contributed by atoms with van der Waals surface area (Å²) in [5.41, 5.74) is 11.1. The van der Waals surface area contributed by atoms with Crippen LogP contribution in [0.25, 0.3) is 21.7 Å². The fraction of sp³-hybridized carbons (Fsp3) is 0.133. The number of anilines is 1. The quantitative estimate of drug-likeness (QED) is 0.756. The molecule has 0 saturated carbocycles. The molecule has 1 aromatic carbocycles. The molecule has 96 valence electrons. The lowest BCUT2D eigenvalue weighted by molar-refractivity contribution is 0.439. The van der Waals surface area contributed by atoms with E-state index in [1.165, 1.54) is 11.1 Å². The first kappa shape index (κ1) is 12.0. The van der Waals surface area contributed by atoms with Gasteiger partial charge in [0.1, 0.15) is 5.69 Å².